The molecule has 23 heavy (non-hydrogen) atoms. The van der Waals surface area contributed by atoms with Gasteiger partial charge in [-0.25, -0.2) is 4.79 Å². The van der Waals surface area contributed by atoms with Crippen LogP contribution in [0, 0.1) is 0 Å². The first-order chi connectivity index (χ1) is 11.0. The monoisotopic (exact) mass is 311 g/mol. The number of carbonyl (C=O) groups is 1. The third kappa shape index (κ3) is 5.22. The normalized spacial score (nSPS) is 12.3. The van der Waals surface area contributed by atoms with Crippen molar-refractivity contribution in [2.75, 3.05) is 0 Å². The van der Waals surface area contributed by atoms with Crippen molar-refractivity contribution >= 4 is 5.97 Å². The second-order valence-corrected chi connectivity index (χ2v) is 6.39. The molecule has 0 radical (unpaired) electrons. The molecule has 1 atom stereocenters. The lowest BCUT2D eigenvalue weighted by molar-refractivity contribution is 0.0696. The highest BCUT2D eigenvalue weighted by Gasteiger charge is 2.06. The average molecular weight is 311 g/mol. The Kier molecular flexibility index (Phi) is 5.94. The molecule has 0 spiro atoms. The minimum atomic E-state index is -0.884. The van der Waals surface area contributed by atoms with Gasteiger partial charge in [0.05, 0.1) is 5.56 Å². The maximum Gasteiger partial charge on any atom is 0.335 e. The van der Waals surface area contributed by atoms with Gasteiger partial charge in [0.2, 0.25) is 0 Å². The van der Waals surface area contributed by atoms with Gasteiger partial charge in [0.1, 0.15) is 0 Å². The summed E-state index contributed by atoms with van der Waals surface area (Å²) in [5, 5.41) is 12.5. The van der Waals surface area contributed by atoms with Gasteiger partial charge in [-0.1, -0.05) is 50.2 Å². The summed E-state index contributed by atoms with van der Waals surface area (Å²) in [6.45, 7) is 7.22. The lowest BCUT2D eigenvalue weighted by Crippen LogP contribution is -2.27. The van der Waals surface area contributed by atoms with Gasteiger partial charge in [-0.2, -0.15) is 0 Å². The molecule has 0 amide bonds. The Hall–Kier alpha value is -2.13. The summed E-state index contributed by atoms with van der Waals surface area (Å²) in [6.07, 6.45) is 0.955. The zero-order chi connectivity index (χ0) is 16.8. The Balaban J connectivity index is 1.88. The molecule has 0 aliphatic carbocycles. The summed E-state index contributed by atoms with van der Waals surface area (Å²) in [4.78, 5) is 11.0. The fraction of sp³-hybridized carbons (Fsp3) is 0.350. The van der Waals surface area contributed by atoms with E-state index >= 15 is 0 Å². The van der Waals surface area contributed by atoms with Crippen LogP contribution in [-0.4, -0.2) is 17.1 Å². The smallest absolute Gasteiger partial charge is 0.335 e. The van der Waals surface area contributed by atoms with Gasteiger partial charge in [0, 0.05) is 12.6 Å². The summed E-state index contributed by atoms with van der Waals surface area (Å²) in [5.41, 5.74) is 4.00. The van der Waals surface area contributed by atoms with E-state index in [9.17, 15) is 4.79 Å². The highest BCUT2D eigenvalue weighted by atomic mass is 16.4. The summed E-state index contributed by atoms with van der Waals surface area (Å²) in [7, 11) is 0. The number of hydrogen-bond acceptors (Lipinski definition) is 2. The number of rotatable bonds is 7. The molecule has 122 valence electrons. The van der Waals surface area contributed by atoms with Crippen LogP contribution < -0.4 is 5.32 Å². The van der Waals surface area contributed by atoms with Crippen LogP contribution in [0.4, 0.5) is 0 Å². The van der Waals surface area contributed by atoms with Crippen LogP contribution in [0.1, 0.15) is 53.7 Å². The molecule has 0 fully saturated rings. The van der Waals surface area contributed by atoms with Crippen LogP contribution in [0.5, 0.6) is 0 Å². The van der Waals surface area contributed by atoms with E-state index in [-0.39, 0.29) is 0 Å². The first-order valence-corrected chi connectivity index (χ1v) is 8.10. The van der Waals surface area contributed by atoms with Gasteiger partial charge in [-0.15, -0.1) is 0 Å². The molecule has 0 heterocycles. The molecule has 0 bridgehead atoms. The van der Waals surface area contributed by atoms with Gasteiger partial charge in [-0.05, 0) is 48.1 Å². The third-order valence-corrected chi connectivity index (χ3v) is 4.02. The molecule has 2 aromatic carbocycles. The van der Waals surface area contributed by atoms with Crippen molar-refractivity contribution in [2.45, 2.75) is 45.7 Å². The molecule has 0 aliphatic rings. The fourth-order valence-corrected chi connectivity index (χ4v) is 2.57. The molecular formula is C20H25NO2. The quantitative estimate of drug-likeness (QED) is 0.804. The van der Waals surface area contributed by atoms with Crippen molar-refractivity contribution < 1.29 is 9.90 Å². The molecular weight excluding hydrogens is 286 g/mol. The Labute approximate surface area is 138 Å². The molecule has 0 saturated carbocycles. The largest absolute Gasteiger partial charge is 0.478 e. The molecule has 2 rings (SSSR count). The van der Waals surface area contributed by atoms with E-state index in [4.69, 9.17) is 5.11 Å². The van der Waals surface area contributed by atoms with Crippen LogP contribution in [0.3, 0.4) is 0 Å². The van der Waals surface area contributed by atoms with E-state index in [1.807, 2.05) is 6.07 Å². The van der Waals surface area contributed by atoms with Gasteiger partial charge in [0.25, 0.3) is 0 Å². The van der Waals surface area contributed by atoms with Crippen LogP contribution in [-0.2, 0) is 13.0 Å². The third-order valence-electron chi connectivity index (χ3n) is 4.02. The predicted octanol–water partition coefficient (Wildman–Crippen LogP) is 4.23. The number of carboxylic acids is 1. The molecule has 0 aliphatic heterocycles. The van der Waals surface area contributed by atoms with Crippen molar-refractivity contribution in [2.24, 2.45) is 0 Å². The summed E-state index contributed by atoms with van der Waals surface area (Å²) in [5.74, 6) is -0.328. The van der Waals surface area contributed by atoms with Crippen molar-refractivity contribution in [3.8, 4) is 0 Å². The summed E-state index contributed by atoms with van der Waals surface area (Å²) < 4.78 is 0. The standard InChI is InChI=1S/C20H25NO2/c1-14(2)18-9-7-16(8-10-18)11-15(3)21-13-17-5-4-6-19(12-17)20(22)23/h4-10,12,14-15,21H,11,13H2,1-3H3,(H,22,23). The molecule has 2 aromatic rings. The summed E-state index contributed by atoms with van der Waals surface area (Å²) >= 11 is 0. The van der Waals surface area contributed by atoms with Gasteiger partial charge < -0.3 is 10.4 Å². The van der Waals surface area contributed by atoms with Crippen molar-refractivity contribution in [3.05, 3.63) is 70.8 Å². The molecule has 0 saturated heterocycles. The second kappa shape index (κ2) is 7.93. The number of carboxylic acid groups (broad SMARTS) is 1. The number of benzene rings is 2. The SMILES string of the molecule is CC(Cc1ccc(C(C)C)cc1)NCc1cccc(C(=O)O)c1. The molecule has 2 N–H and O–H groups in total. The Morgan fingerprint density at radius 3 is 2.35 bits per heavy atom. The van der Waals surface area contributed by atoms with Crippen molar-refractivity contribution in [1.29, 1.82) is 0 Å². The maximum absolute atomic E-state index is 11.0. The van der Waals surface area contributed by atoms with E-state index < -0.39 is 5.97 Å². The van der Waals surface area contributed by atoms with Crippen molar-refractivity contribution in [1.82, 2.24) is 5.32 Å². The molecule has 0 aromatic heterocycles. The first-order valence-electron chi connectivity index (χ1n) is 8.10. The summed E-state index contributed by atoms with van der Waals surface area (Å²) in [6, 6.07) is 16.2. The van der Waals surface area contributed by atoms with Crippen LogP contribution in [0.2, 0.25) is 0 Å². The van der Waals surface area contributed by atoms with E-state index in [1.54, 1.807) is 18.2 Å². The van der Waals surface area contributed by atoms with Gasteiger partial charge >= 0.3 is 5.97 Å². The molecule has 3 nitrogen and oxygen atoms in total. The fourth-order valence-electron chi connectivity index (χ4n) is 2.57. The molecule has 3 heteroatoms. The lowest BCUT2D eigenvalue weighted by atomic mass is 9.99. The number of hydrogen-bond donors (Lipinski definition) is 2. The lowest BCUT2D eigenvalue weighted by Gasteiger charge is -2.15. The Morgan fingerprint density at radius 1 is 1.04 bits per heavy atom. The van der Waals surface area contributed by atoms with Crippen molar-refractivity contribution in [3.63, 3.8) is 0 Å². The van der Waals surface area contributed by atoms with E-state index in [1.165, 1.54) is 11.1 Å². The van der Waals surface area contributed by atoms with Gasteiger partial charge in [0.15, 0.2) is 0 Å². The number of nitrogens with one attached hydrogen (secondary N) is 1. The highest BCUT2D eigenvalue weighted by Crippen LogP contribution is 2.15. The Bertz CT molecular complexity index is 647. The molecule has 1 unspecified atom stereocenters. The first kappa shape index (κ1) is 17.2. The minimum absolute atomic E-state index is 0.327. The minimum Gasteiger partial charge on any atom is -0.478 e. The highest BCUT2D eigenvalue weighted by molar-refractivity contribution is 5.87. The number of aromatic carboxylic acids is 1. The Morgan fingerprint density at radius 2 is 1.74 bits per heavy atom. The van der Waals surface area contributed by atoms with Gasteiger partial charge in [-0.3, -0.25) is 0 Å². The van der Waals surface area contributed by atoms with Crippen LogP contribution >= 0.6 is 0 Å². The zero-order valence-electron chi connectivity index (χ0n) is 14.0. The second-order valence-electron chi connectivity index (χ2n) is 6.39. The van der Waals surface area contributed by atoms with Crippen LogP contribution in [0.15, 0.2) is 48.5 Å². The topological polar surface area (TPSA) is 49.3 Å². The van der Waals surface area contributed by atoms with Crippen LogP contribution in [0.25, 0.3) is 0 Å². The van der Waals surface area contributed by atoms with E-state index in [0.29, 0.717) is 24.1 Å². The maximum atomic E-state index is 11.0. The van der Waals surface area contributed by atoms with E-state index in [2.05, 4.69) is 50.4 Å². The average Bonchev–Trinajstić information content (AvgIpc) is 2.53. The van der Waals surface area contributed by atoms with E-state index in [0.717, 1.165) is 12.0 Å². The predicted molar refractivity (Wildman–Crippen MR) is 93.9 cm³/mol. The zero-order valence-corrected chi connectivity index (χ0v) is 14.0.